The highest BCUT2D eigenvalue weighted by atomic mass is 32.1. The van der Waals surface area contributed by atoms with Crippen LogP contribution in [0.3, 0.4) is 0 Å². The Morgan fingerprint density at radius 3 is 2.55 bits per heavy atom. The van der Waals surface area contributed by atoms with Crippen molar-refractivity contribution in [2.45, 2.75) is 51.9 Å². The number of aromatic nitrogens is 1. The second kappa shape index (κ2) is 8.69. The van der Waals surface area contributed by atoms with Crippen molar-refractivity contribution >= 4 is 17.3 Å². The smallest absolute Gasteiger partial charge is 0.308 e. The van der Waals surface area contributed by atoms with E-state index in [0.717, 1.165) is 34.0 Å². The minimum absolute atomic E-state index is 0.0533. The maximum absolute atomic E-state index is 11.1. The van der Waals surface area contributed by atoms with Crippen LogP contribution < -0.4 is 0 Å². The summed E-state index contributed by atoms with van der Waals surface area (Å²) in [6.45, 7) is 2.21. The van der Waals surface area contributed by atoms with Crippen molar-refractivity contribution in [2.75, 3.05) is 0 Å². The summed E-state index contributed by atoms with van der Waals surface area (Å²) < 4.78 is 0. The minimum Gasteiger partial charge on any atom is -0.481 e. The molecule has 1 N–H and O–H groups in total. The third-order valence-electron chi connectivity index (χ3n) is 3.59. The summed E-state index contributed by atoms with van der Waals surface area (Å²) in [6, 6.07) is 9.87. The molecule has 0 aliphatic heterocycles. The van der Waals surface area contributed by atoms with E-state index < -0.39 is 5.97 Å². The monoisotopic (exact) mass is 317 g/mol. The first-order valence-electron chi connectivity index (χ1n) is 7.96. The molecule has 2 aromatic rings. The van der Waals surface area contributed by atoms with Crippen LogP contribution in [0.5, 0.6) is 0 Å². The zero-order valence-corrected chi connectivity index (χ0v) is 13.9. The van der Waals surface area contributed by atoms with Crippen LogP contribution >= 0.6 is 11.3 Å². The van der Waals surface area contributed by atoms with Gasteiger partial charge in [-0.15, -0.1) is 11.3 Å². The minimum atomic E-state index is -0.796. The molecule has 2 rings (SSSR count). The van der Waals surface area contributed by atoms with Crippen molar-refractivity contribution in [3.05, 3.63) is 40.2 Å². The Bertz CT molecular complexity index is 592. The zero-order valence-electron chi connectivity index (χ0n) is 13.0. The van der Waals surface area contributed by atoms with Crippen LogP contribution in [0.4, 0.5) is 0 Å². The lowest BCUT2D eigenvalue weighted by molar-refractivity contribution is -0.136. The normalized spacial score (nSPS) is 10.8. The van der Waals surface area contributed by atoms with Gasteiger partial charge in [-0.2, -0.15) is 0 Å². The molecule has 22 heavy (non-hydrogen) atoms. The van der Waals surface area contributed by atoms with Gasteiger partial charge in [0.25, 0.3) is 0 Å². The predicted octanol–water partition coefficient (Wildman–Crippen LogP) is 4.95. The van der Waals surface area contributed by atoms with E-state index >= 15 is 0 Å². The summed E-state index contributed by atoms with van der Waals surface area (Å²) in [7, 11) is 0. The van der Waals surface area contributed by atoms with E-state index in [2.05, 4.69) is 6.92 Å². The van der Waals surface area contributed by atoms with Crippen LogP contribution in [0.25, 0.3) is 11.3 Å². The van der Waals surface area contributed by atoms with Crippen LogP contribution in [-0.4, -0.2) is 16.1 Å². The van der Waals surface area contributed by atoms with E-state index in [1.807, 2.05) is 30.3 Å². The Morgan fingerprint density at radius 1 is 1.14 bits per heavy atom. The number of carboxylic acid groups (broad SMARTS) is 1. The van der Waals surface area contributed by atoms with E-state index in [4.69, 9.17) is 10.1 Å². The van der Waals surface area contributed by atoms with Crippen LogP contribution in [-0.2, 0) is 17.6 Å². The Morgan fingerprint density at radius 2 is 1.86 bits per heavy atom. The van der Waals surface area contributed by atoms with Crippen molar-refractivity contribution in [1.82, 2.24) is 4.98 Å². The zero-order chi connectivity index (χ0) is 15.8. The number of hydrogen-bond acceptors (Lipinski definition) is 3. The van der Waals surface area contributed by atoms with Crippen molar-refractivity contribution < 1.29 is 9.90 Å². The number of aliphatic carboxylic acids is 1. The Labute approximate surface area is 136 Å². The Balaban J connectivity index is 2.09. The largest absolute Gasteiger partial charge is 0.481 e. The lowest BCUT2D eigenvalue weighted by Gasteiger charge is -1.99. The summed E-state index contributed by atoms with van der Waals surface area (Å²) >= 11 is 1.55. The summed E-state index contributed by atoms with van der Waals surface area (Å²) in [6.07, 6.45) is 7.17. The highest BCUT2D eigenvalue weighted by molar-refractivity contribution is 7.12. The van der Waals surface area contributed by atoms with Gasteiger partial charge in [-0.3, -0.25) is 4.79 Å². The molecule has 0 saturated carbocycles. The van der Waals surface area contributed by atoms with E-state index in [9.17, 15) is 4.79 Å². The van der Waals surface area contributed by atoms with Crippen molar-refractivity contribution in [2.24, 2.45) is 0 Å². The number of benzene rings is 1. The number of carbonyl (C=O) groups is 1. The van der Waals surface area contributed by atoms with Crippen molar-refractivity contribution in [1.29, 1.82) is 0 Å². The highest BCUT2D eigenvalue weighted by Crippen LogP contribution is 2.29. The average molecular weight is 317 g/mol. The maximum atomic E-state index is 11.1. The number of unbranched alkanes of at least 4 members (excludes halogenated alkanes) is 4. The molecule has 1 aromatic carbocycles. The summed E-state index contributed by atoms with van der Waals surface area (Å²) in [4.78, 5) is 16.6. The molecule has 1 aromatic heterocycles. The van der Waals surface area contributed by atoms with E-state index in [0.29, 0.717) is 0 Å². The molecule has 0 radical (unpaired) electrons. The molecule has 0 aliphatic rings. The molecule has 0 bridgehead atoms. The standard InChI is InChI=1S/C18H23NO2S/c1-2-3-4-5-9-12-16-19-18(14-10-7-6-8-11-14)15(22-16)13-17(20)21/h6-8,10-11H,2-5,9,12-13H2,1H3,(H,20,21). The SMILES string of the molecule is CCCCCCCc1nc(-c2ccccc2)c(CC(=O)O)s1. The predicted molar refractivity (Wildman–Crippen MR) is 91.4 cm³/mol. The topological polar surface area (TPSA) is 50.2 Å². The van der Waals surface area contributed by atoms with Gasteiger partial charge >= 0.3 is 5.97 Å². The molecular formula is C18H23NO2S. The fourth-order valence-corrected chi connectivity index (χ4v) is 3.59. The van der Waals surface area contributed by atoms with E-state index in [1.54, 1.807) is 11.3 Å². The van der Waals surface area contributed by atoms with Gasteiger partial charge < -0.3 is 5.11 Å². The van der Waals surface area contributed by atoms with E-state index in [-0.39, 0.29) is 6.42 Å². The molecule has 0 amide bonds. The van der Waals surface area contributed by atoms with Crippen molar-refractivity contribution in [3.8, 4) is 11.3 Å². The van der Waals surface area contributed by atoms with Gasteiger partial charge in [0.1, 0.15) is 0 Å². The van der Waals surface area contributed by atoms with Gasteiger partial charge in [0.2, 0.25) is 0 Å². The van der Waals surface area contributed by atoms with Crippen LogP contribution in [0.2, 0.25) is 0 Å². The summed E-state index contributed by atoms with van der Waals surface area (Å²) in [5, 5.41) is 10.2. The molecule has 0 atom stereocenters. The number of carboxylic acids is 1. The van der Waals surface area contributed by atoms with E-state index in [1.165, 1.54) is 25.7 Å². The number of aryl methyl sites for hydroxylation is 1. The molecule has 0 aliphatic carbocycles. The third kappa shape index (κ3) is 4.95. The summed E-state index contributed by atoms with van der Waals surface area (Å²) in [5.74, 6) is -0.796. The third-order valence-corrected chi connectivity index (χ3v) is 4.71. The maximum Gasteiger partial charge on any atom is 0.308 e. The molecule has 0 saturated heterocycles. The second-order valence-electron chi connectivity index (χ2n) is 5.48. The van der Waals surface area contributed by atoms with Crippen LogP contribution in [0.1, 0.15) is 48.9 Å². The van der Waals surface area contributed by atoms with Gasteiger partial charge in [-0.1, -0.05) is 62.9 Å². The van der Waals surface area contributed by atoms with Crippen LogP contribution in [0, 0.1) is 0 Å². The van der Waals surface area contributed by atoms with Gasteiger partial charge in [-0.25, -0.2) is 4.98 Å². The first-order valence-corrected chi connectivity index (χ1v) is 8.78. The van der Waals surface area contributed by atoms with Gasteiger partial charge in [0.15, 0.2) is 0 Å². The Kier molecular flexibility index (Phi) is 6.59. The molecule has 4 heteroatoms. The highest BCUT2D eigenvalue weighted by Gasteiger charge is 2.15. The number of thiazole rings is 1. The number of nitrogens with zero attached hydrogens (tertiary/aromatic N) is 1. The fraction of sp³-hybridized carbons (Fsp3) is 0.444. The number of hydrogen-bond donors (Lipinski definition) is 1. The van der Waals surface area contributed by atoms with Crippen LogP contribution in [0.15, 0.2) is 30.3 Å². The molecule has 3 nitrogen and oxygen atoms in total. The first-order chi connectivity index (χ1) is 10.7. The average Bonchev–Trinajstić information content (AvgIpc) is 2.90. The lowest BCUT2D eigenvalue weighted by Crippen LogP contribution is -1.99. The lowest BCUT2D eigenvalue weighted by atomic mass is 10.1. The van der Waals surface area contributed by atoms with Crippen molar-refractivity contribution in [3.63, 3.8) is 0 Å². The molecule has 0 fully saturated rings. The first kappa shape index (κ1) is 16.7. The Hall–Kier alpha value is -1.68. The van der Waals surface area contributed by atoms with Gasteiger partial charge in [0, 0.05) is 10.4 Å². The molecule has 0 unspecified atom stereocenters. The molecular weight excluding hydrogens is 294 g/mol. The fourth-order valence-electron chi connectivity index (χ4n) is 2.47. The molecule has 1 heterocycles. The van der Waals surface area contributed by atoms with Gasteiger partial charge in [-0.05, 0) is 12.8 Å². The molecule has 0 spiro atoms. The molecule has 118 valence electrons. The summed E-state index contributed by atoms with van der Waals surface area (Å²) in [5.41, 5.74) is 1.85. The quantitative estimate of drug-likeness (QED) is 0.666. The number of rotatable bonds is 9. The second-order valence-corrected chi connectivity index (χ2v) is 6.65. The van der Waals surface area contributed by atoms with Gasteiger partial charge in [0.05, 0.1) is 17.1 Å².